The number of nitrogens with two attached hydrogens (primary N) is 1. The zero-order valence-corrected chi connectivity index (χ0v) is 8.66. The summed E-state index contributed by atoms with van der Waals surface area (Å²) in [4.78, 5) is 11.5. The molecule has 2 N–H and O–H groups in total. The Hall–Kier alpha value is -1.29. The van der Waals surface area contributed by atoms with E-state index in [1.807, 2.05) is 20.8 Å². The zero-order chi connectivity index (χ0) is 10.8. The first-order chi connectivity index (χ1) is 6.42. The third-order valence-corrected chi connectivity index (χ3v) is 1.49. The summed E-state index contributed by atoms with van der Waals surface area (Å²) in [6.07, 6.45) is 1.36. The molecule has 0 aromatic carbocycles. The van der Waals surface area contributed by atoms with Crippen molar-refractivity contribution in [2.75, 3.05) is 0 Å². The molecule has 14 heavy (non-hydrogen) atoms. The topological polar surface area (TPSA) is 65.5 Å². The first-order valence-electron chi connectivity index (χ1n) is 4.43. The lowest BCUT2D eigenvalue weighted by molar-refractivity contribution is 0.00689. The highest BCUT2D eigenvalue weighted by molar-refractivity contribution is 5.89. The second kappa shape index (κ2) is 3.84. The van der Waals surface area contributed by atoms with Crippen LogP contribution >= 0.6 is 0 Å². The minimum atomic E-state index is -0.489. The van der Waals surface area contributed by atoms with Crippen molar-refractivity contribution in [1.29, 1.82) is 0 Å². The van der Waals surface area contributed by atoms with Crippen LogP contribution in [0.5, 0.6) is 0 Å². The number of rotatable bonds is 2. The van der Waals surface area contributed by atoms with Crippen molar-refractivity contribution in [3.8, 4) is 0 Å². The fraction of sp³-hybridized carbons (Fsp3) is 0.500. The monoisotopic (exact) mass is 197 g/mol. The number of hydrogen-bond donors (Lipinski definition) is 1. The van der Waals surface area contributed by atoms with Gasteiger partial charge in [0.25, 0.3) is 0 Å². The quantitative estimate of drug-likeness (QED) is 0.733. The number of carbonyl (C=O) groups excluding carboxylic acids is 1. The van der Waals surface area contributed by atoms with Crippen molar-refractivity contribution < 1.29 is 13.9 Å². The standard InChI is InChI=1S/C10H15NO3/c1-10(2,3)14-9(12)7-4-8(5-11)13-6-7/h4,6H,5,11H2,1-3H3. The smallest absolute Gasteiger partial charge is 0.341 e. The fourth-order valence-electron chi connectivity index (χ4n) is 0.932. The Labute approximate surface area is 83.0 Å². The van der Waals surface area contributed by atoms with E-state index in [1.165, 1.54) is 6.26 Å². The lowest BCUT2D eigenvalue weighted by Crippen LogP contribution is -2.23. The Morgan fingerprint density at radius 2 is 2.21 bits per heavy atom. The molecular formula is C10H15NO3. The SMILES string of the molecule is CC(C)(C)OC(=O)c1coc(CN)c1. The lowest BCUT2D eigenvalue weighted by atomic mass is 10.2. The summed E-state index contributed by atoms with van der Waals surface area (Å²) in [5.74, 6) is 0.187. The third kappa shape index (κ3) is 2.88. The van der Waals surface area contributed by atoms with E-state index >= 15 is 0 Å². The van der Waals surface area contributed by atoms with Gasteiger partial charge in [-0.05, 0) is 26.8 Å². The van der Waals surface area contributed by atoms with Gasteiger partial charge in [0, 0.05) is 0 Å². The minimum Gasteiger partial charge on any atom is -0.467 e. The van der Waals surface area contributed by atoms with Crippen LogP contribution in [0.15, 0.2) is 16.7 Å². The number of carbonyl (C=O) groups is 1. The summed E-state index contributed by atoms with van der Waals surface area (Å²) in [5, 5.41) is 0. The number of ether oxygens (including phenoxy) is 1. The van der Waals surface area contributed by atoms with Gasteiger partial charge in [0.2, 0.25) is 0 Å². The number of furan rings is 1. The van der Waals surface area contributed by atoms with Crippen LogP contribution < -0.4 is 5.73 Å². The molecule has 0 spiro atoms. The Balaban J connectivity index is 2.70. The maximum Gasteiger partial charge on any atom is 0.341 e. The molecule has 1 aromatic heterocycles. The summed E-state index contributed by atoms with van der Waals surface area (Å²) in [7, 11) is 0. The van der Waals surface area contributed by atoms with E-state index in [0.717, 1.165) is 0 Å². The van der Waals surface area contributed by atoms with Gasteiger partial charge in [0.15, 0.2) is 0 Å². The fourth-order valence-corrected chi connectivity index (χ4v) is 0.932. The maximum absolute atomic E-state index is 11.5. The van der Waals surface area contributed by atoms with E-state index in [-0.39, 0.29) is 12.5 Å². The van der Waals surface area contributed by atoms with Crippen molar-refractivity contribution in [3.63, 3.8) is 0 Å². The van der Waals surface area contributed by atoms with Gasteiger partial charge in [-0.2, -0.15) is 0 Å². The van der Waals surface area contributed by atoms with E-state index < -0.39 is 5.60 Å². The molecule has 1 heterocycles. The Bertz CT molecular complexity index is 322. The van der Waals surface area contributed by atoms with Gasteiger partial charge in [-0.15, -0.1) is 0 Å². The molecule has 0 fully saturated rings. The molecule has 0 aliphatic carbocycles. The highest BCUT2D eigenvalue weighted by atomic mass is 16.6. The van der Waals surface area contributed by atoms with Crippen LogP contribution in [0.2, 0.25) is 0 Å². The van der Waals surface area contributed by atoms with Crippen molar-refractivity contribution >= 4 is 5.97 Å². The average Bonchev–Trinajstić information content (AvgIpc) is 2.48. The molecule has 0 radical (unpaired) electrons. The van der Waals surface area contributed by atoms with Crippen LogP contribution in [0, 0.1) is 0 Å². The Kier molecular flexibility index (Phi) is 2.96. The van der Waals surface area contributed by atoms with Crippen LogP contribution in [0.25, 0.3) is 0 Å². The van der Waals surface area contributed by atoms with Gasteiger partial charge < -0.3 is 14.9 Å². The van der Waals surface area contributed by atoms with E-state index in [1.54, 1.807) is 6.07 Å². The average molecular weight is 197 g/mol. The zero-order valence-electron chi connectivity index (χ0n) is 8.66. The van der Waals surface area contributed by atoms with Crippen molar-refractivity contribution in [2.24, 2.45) is 5.73 Å². The van der Waals surface area contributed by atoms with Crippen LogP contribution in [-0.2, 0) is 11.3 Å². The Morgan fingerprint density at radius 1 is 1.57 bits per heavy atom. The van der Waals surface area contributed by atoms with Crippen LogP contribution in [0.1, 0.15) is 36.9 Å². The van der Waals surface area contributed by atoms with Gasteiger partial charge in [-0.1, -0.05) is 0 Å². The highest BCUT2D eigenvalue weighted by Gasteiger charge is 2.19. The first kappa shape index (κ1) is 10.8. The molecule has 0 aliphatic heterocycles. The molecule has 0 atom stereocenters. The molecule has 4 heteroatoms. The van der Waals surface area contributed by atoms with E-state index in [2.05, 4.69) is 0 Å². The summed E-state index contributed by atoms with van der Waals surface area (Å²) in [6.45, 7) is 5.72. The molecule has 78 valence electrons. The minimum absolute atomic E-state index is 0.281. The van der Waals surface area contributed by atoms with Gasteiger partial charge in [-0.25, -0.2) is 4.79 Å². The summed E-state index contributed by atoms with van der Waals surface area (Å²) in [5.41, 5.74) is 5.26. The predicted octanol–water partition coefficient (Wildman–Crippen LogP) is 1.69. The van der Waals surface area contributed by atoms with Gasteiger partial charge >= 0.3 is 5.97 Å². The molecule has 4 nitrogen and oxygen atoms in total. The molecule has 0 amide bonds. The van der Waals surface area contributed by atoms with Crippen molar-refractivity contribution in [3.05, 3.63) is 23.7 Å². The lowest BCUT2D eigenvalue weighted by Gasteiger charge is -2.18. The van der Waals surface area contributed by atoms with Gasteiger partial charge in [-0.3, -0.25) is 0 Å². The summed E-state index contributed by atoms with van der Waals surface area (Å²) < 4.78 is 10.2. The normalized spacial score (nSPS) is 11.4. The second-order valence-electron chi connectivity index (χ2n) is 4.01. The molecule has 1 rings (SSSR count). The molecule has 0 aliphatic rings. The Morgan fingerprint density at radius 3 is 2.64 bits per heavy atom. The summed E-state index contributed by atoms with van der Waals surface area (Å²) >= 11 is 0. The van der Waals surface area contributed by atoms with Crippen LogP contribution in [0.4, 0.5) is 0 Å². The predicted molar refractivity (Wildman–Crippen MR) is 51.8 cm³/mol. The largest absolute Gasteiger partial charge is 0.467 e. The molecular weight excluding hydrogens is 182 g/mol. The van der Waals surface area contributed by atoms with Crippen LogP contribution in [-0.4, -0.2) is 11.6 Å². The first-order valence-corrected chi connectivity index (χ1v) is 4.43. The van der Waals surface area contributed by atoms with Crippen LogP contribution in [0.3, 0.4) is 0 Å². The van der Waals surface area contributed by atoms with Crippen molar-refractivity contribution in [2.45, 2.75) is 32.9 Å². The molecule has 0 unspecified atom stereocenters. The molecule has 1 aromatic rings. The maximum atomic E-state index is 11.5. The molecule has 0 saturated carbocycles. The van der Waals surface area contributed by atoms with E-state index in [0.29, 0.717) is 11.3 Å². The van der Waals surface area contributed by atoms with Gasteiger partial charge in [0.1, 0.15) is 17.6 Å². The number of esters is 1. The van der Waals surface area contributed by atoms with E-state index in [4.69, 9.17) is 14.9 Å². The second-order valence-corrected chi connectivity index (χ2v) is 4.01. The van der Waals surface area contributed by atoms with Crippen molar-refractivity contribution in [1.82, 2.24) is 0 Å². The third-order valence-electron chi connectivity index (χ3n) is 1.49. The molecule has 0 saturated heterocycles. The highest BCUT2D eigenvalue weighted by Crippen LogP contribution is 2.14. The van der Waals surface area contributed by atoms with E-state index in [9.17, 15) is 4.79 Å². The van der Waals surface area contributed by atoms with Gasteiger partial charge in [0.05, 0.1) is 12.1 Å². The molecule has 0 bridgehead atoms. The number of hydrogen-bond acceptors (Lipinski definition) is 4. The summed E-state index contributed by atoms with van der Waals surface area (Å²) in [6, 6.07) is 1.59.